The number of urea groups is 1. The zero-order chi connectivity index (χ0) is 50.4. The highest BCUT2D eigenvalue weighted by Crippen LogP contribution is 2.43. The predicted octanol–water partition coefficient (Wildman–Crippen LogP) is 7.07. The topological polar surface area (TPSA) is 241 Å². The van der Waals surface area contributed by atoms with Gasteiger partial charge in [-0.3, -0.25) is 20.0 Å². The number of nitrogens with one attached hydrogen (secondary N) is 2. The van der Waals surface area contributed by atoms with Gasteiger partial charge in [0.15, 0.2) is 37.6 Å². The summed E-state index contributed by atoms with van der Waals surface area (Å²) >= 11 is 0. The summed E-state index contributed by atoms with van der Waals surface area (Å²) in [6.45, 7) is 11.6. The van der Waals surface area contributed by atoms with Gasteiger partial charge in [-0.1, -0.05) is 87.5 Å². The number of carbonyl (C=O) groups is 2. The Labute approximate surface area is 406 Å². The molecule has 4 aromatic carbocycles. The van der Waals surface area contributed by atoms with Crippen LogP contribution in [0.3, 0.4) is 0 Å². The van der Waals surface area contributed by atoms with Gasteiger partial charge in [-0.15, -0.1) is 0 Å². The first-order valence-electron chi connectivity index (χ1n) is 22.7. The van der Waals surface area contributed by atoms with Gasteiger partial charge in [-0.05, 0) is 71.6 Å². The monoisotopic (exact) mass is 977 g/mol. The van der Waals surface area contributed by atoms with Gasteiger partial charge in [-0.25, -0.2) is 24.5 Å². The van der Waals surface area contributed by atoms with E-state index in [0.29, 0.717) is 17.1 Å². The molecule has 4 N–H and O–H groups in total. The molecule has 2 aromatic heterocycles. The van der Waals surface area contributed by atoms with E-state index in [9.17, 15) is 29.9 Å². The number of amides is 2. The second kappa shape index (κ2) is 21.4. The van der Waals surface area contributed by atoms with Gasteiger partial charge in [0, 0.05) is 18.6 Å². The summed E-state index contributed by atoms with van der Waals surface area (Å²) < 4.78 is 37.9. The van der Waals surface area contributed by atoms with Crippen molar-refractivity contribution in [3.63, 3.8) is 0 Å². The highest BCUT2D eigenvalue weighted by molar-refractivity contribution is 6.74. The van der Waals surface area contributed by atoms with Crippen molar-refractivity contribution in [1.29, 1.82) is 0 Å². The number of nitro groups is 1. The fourth-order valence-corrected chi connectivity index (χ4v) is 9.43. The number of benzene rings is 4. The molecule has 1 saturated heterocycles. The van der Waals surface area contributed by atoms with Crippen LogP contribution in [0.5, 0.6) is 11.5 Å². The average Bonchev–Trinajstić information content (AvgIpc) is 3.90. The number of hydrogen-bond acceptors (Lipinski definition) is 15. The molecule has 0 radical (unpaired) electrons. The second-order valence-electron chi connectivity index (χ2n) is 18.4. The van der Waals surface area contributed by atoms with Crippen LogP contribution in [0.1, 0.15) is 56.2 Å². The minimum atomic E-state index is -2.47. The third kappa shape index (κ3) is 11.0. The van der Waals surface area contributed by atoms with E-state index < -0.39 is 67.5 Å². The van der Waals surface area contributed by atoms with Crippen molar-refractivity contribution in [2.45, 2.75) is 94.5 Å². The highest BCUT2D eigenvalue weighted by atomic mass is 28.4. The van der Waals surface area contributed by atoms with Gasteiger partial charge in [0.2, 0.25) is 0 Å². The number of rotatable bonds is 19. The Morgan fingerprint density at radius 1 is 0.857 bits per heavy atom. The molecule has 6 atom stereocenters. The number of hydrogen-bond donors (Lipinski definition) is 4. The molecule has 7 rings (SSSR count). The number of aliphatic hydroxyl groups is 2. The van der Waals surface area contributed by atoms with E-state index in [2.05, 4.69) is 46.4 Å². The number of ether oxygens (including phenoxy) is 5. The largest absolute Gasteiger partial charge is 0.497 e. The predicted molar refractivity (Wildman–Crippen MR) is 261 cm³/mol. The summed E-state index contributed by atoms with van der Waals surface area (Å²) in [5, 5.41) is 39.4. The number of nitrogens with zero attached hydrogens (tertiary/aromatic N) is 5. The van der Waals surface area contributed by atoms with Gasteiger partial charge in [0.25, 0.3) is 5.69 Å². The van der Waals surface area contributed by atoms with Crippen LogP contribution in [0.2, 0.25) is 18.1 Å². The molecule has 0 saturated carbocycles. The van der Waals surface area contributed by atoms with Crippen molar-refractivity contribution in [3.8, 4) is 11.5 Å². The number of carbonyl (C=O) groups excluding carboxylic acids is 2. The number of imidazole rings is 1. The number of fused-ring (bicyclic) bond motifs is 1. The van der Waals surface area contributed by atoms with Crippen molar-refractivity contribution in [2.75, 3.05) is 32.8 Å². The van der Waals surface area contributed by atoms with E-state index in [0.717, 1.165) is 16.7 Å². The molecule has 2 amide bonds. The lowest BCUT2D eigenvalue weighted by molar-refractivity contribution is -0.384. The Kier molecular flexibility index (Phi) is 15.6. The minimum absolute atomic E-state index is 0.0240. The molecular weight excluding hydrogens is 919 g/mol. The fraction of sp³-hybridized carbons (Fsp3) is 0.380. The number of anilines is 1. The highest BCUT2D eigenvalue weighted by Gasteiger charge is 2.47. The van der Waals surface area contributed by atoms with Crippen LogP contribution in [0, 0.1) is 10.1 Å². The first-order chi connectivity index (χ1) is 33.4. The van der Waals surface area contributed by atoms with E-state index >= 15 is 0 Å². The van der Waals surface area contributed by atoms with Crippen molar-refractivity contribution >= 4 is 43.0 Å². The molecule has 20 heteroatoms. The van der Waals surface area contributed by atoms with Crippen molar-refractivity contribution in [3.05, 3.63) is 148 Å². The third-order valence-corrected chi connectivity index (χ3v) is 17.5. The van der Waals surface area contributed by atoms with Crippen molar-refractivity contribution in [2.24, 2.45) is 0 Å². The van der Waals surface area contributed by atoms with Gasteiger partial charge in [-0.2, -0.15) is 0 Å². The Balaban J connectivity index is 1.10. The Morgan fingerprint density at radius 3 is 2.03 bits per heavy atom. The quantitative estimate of drug-likeness (QED) is 0.0209. The van der Waals surface area contributed by atoms with E-state index in [1.54, 1.807) is 33.3 Å². The van der Waals surface area contributed by atoms with E-state index in [1.807, 2.05) is 92.0 Å². The lowest BCUT2D eigenvalue weighted by atomic mass is 9.80. The van der Waals surface area contributed by atoms with Crippen LogP contribution >= 0.6 is 0 Å². The van der Waals surface area contributed by atoms with Crippen LogP contribution in [-0.2, 0) is 35.5 Å². The molecule has 19 nitrogen and oxygen atoms in total. The molecule has 0 spiro atoms. The first kappa shape index (κ1) is 51.0. The summed E-state index contributed by atoms with van der Waals surface area (Å²) in [6, 6.07) is 28.4. The fourth-order valence-electron chi connectivity index (χ4n) is 8.01. The van der Waals surface area contributed by atoms with Crippen LogP contribution in [-0.4, -0.2) is 113 Å². The summed E-state index contributed by atoms with van der Waals surface area (Å²) in [4.78, 5) is 51.2. The first-order valence-corrected chi connectivity index (χ1v) is 25.6. The standard InChI is InChI=1S/C50H59N7O12Si/c1-31(69-70(7,8)49(2,3)4)40(47(60)66-27-26-32-14-20-36(21-15-32)57(62)63)54-48(61)55-44-41-45(52-29-51-44)56(30-53-41)46-43(59)42(58)39(68-46)28-67-50(33-12-10-9-11-13-33,34-16-22-37(64-5)23-17-34)35-18-24-38(65-6)25-19-35/h9-25,29-31,39-40,42-43,46,58-59H,26-28H2,1-8H3,(H2,51,52,54,55,61)/t31-,39-,40+,42-,43-,46-/m1/s1. The van der Waals surface area contributed by atoms with Crippen LogP contribution in [0.25, 0.3) is 11.2 Å². The minimum Gasteiger partial charge on any atom is -0.497 e. The van der Waals surface area contributed by atoms with Gasteiger partial charge < -0.3 is 43.6 Å². The number of nitro benzene ring substituents is 1. The normalized spacial score (nSPS) is 18.2. The number of aromatic nitrogens is 4. The third-order valence-electron chi connectivity index (χ3n) is 12.9. The number of methoxy groups -OCH3 is 2. The summed E-state index contributed by atoms with van der Waals surface area (Å²) in [7, 11) is 0.712. The second-order valence-corrected chi connectivity index (χ2v) is 23.2. The molecule has 0 aliphatic carbocycles. The Morgan fingerprint density at radius 2 is 1.46 bits per heavy atom. The summed E-state index contributed by atoms with van der Waals surface area (Å²) in [5.41, 5.74) is 2.02. The van der Waals surface area contributed by atoms with Gasteiger partial charge in [0.1, 0.15) is 41.7 Å². The molecule has 1 aliphatic heterocycles. The maximum Gasteiger partial charge on any atom is 0.331 e. The lowest BCUT2D eigenvalue weighted by Gasteiger charge is -2.40. The summed E-state index contributed by atoms with van der Waals surface area (Å²) in [5.74, 6) is 0.525. The molecule has 3 heterocycles. The molecule has 1 aliphatic rings. The van der Waals surface area contributed by atoms with E-state index in [4.69, 9.17) is 28.1 Å². The van der Waals surface area contributed by atoms with Gasteiger partial charge in [0.05, 0.1) is 44.8 Å². The van der Waals surface area contributed by atoms with Crippen LogP contribution < -0.4 is 20.1 Å². The van der Waals surface area contributed by atoms with E-state index in [1.165, 1.54) is 29.4 Å². The van der Waals surface area contributed by atoms with Crippen molar-refractivity contribution < 1.29 is 52.8 Å². The molecule has 6 aromatic rings. The maximum absolute atomic E-state index is 13.8. The lowest BCUT2D eigenvalue weighted by Crippen LogP contribution is -2.55. The zero-order valence-corrected chi connectivity index (χ0v) is 41.3. The van der Waals surface area contributed by atoms with E-state index in [-0.39, 0.29) is 47.3 Å². The van der Waals surface area contributed by atoms with Crippen molar-refractivity contribution in [1.82, 2.24) is 24.8 Å². The van der Waals surface area contributed by atoms with Crippen LogP contribution in [0.15, 0.2) is 116 Å². The number of non-ortho nitro benzene ring substituents is 1. The number of aliphatic hydroxyl groups excluding tert-OH is 2. The smallest absolute Gasteiger partial charge is 0.331 e. The van der Waals surface area contributed by atoms with Crippen LogP contribution in [0.4, 0.5) is 16.3 Å². The molecule has 0 unspecified atom stereocenters. The average molecular weight is 978 g/mol. The number of esters is 1. The zero-order valence-electron chi connectivity index (χ0n) is 40.3. The molecule has 0 bridgehead atoms. The Hall–Kier alpha value is -6.81. The SMILES string of the molecule is COc1ccc(C(OC[C@H]2O[C@@H](n3cnc4c(NC(=O)N[C@H](C(=O)OCCc5ccc([N+](=O)[O-])cc5)[C@@H](C)O[Si](C)(C)C(C)(C)C)ncnc43)[C@H](O)[C@@H]2O)(c2ccccc2)c2ccc(OC)cc2)cc1. The van der Waals surface area contributed by atoms with Gasteiger partial charge >= 0.3 is 12.0 Å². The molecule has 370 valence electrons. The Bertz CT molecular complexity index is 2690. The molecule has 1 fully saturated rings. The molecule has 70 heavy (non-hydrogen) atoms. The maximum atomic E-state index is 13.8. The molecular formula is C50H59N7O12Si. The summed E-state index contributed by atoms with van der Waals surface area (Å²) in [6.07, 6.45) is -3.14.